The van der Waals surface area contributed by atoms with Crippen LogP contribution in [-0.4, -0.2) is 63.4 Å². The molecule has 2 N–H and O–H groups in total. The summed E-state index contributed by atoms with van der Waals surface area (Å²) in [5, 5.41) is 11.4. The molecule has 1 saturated carbocycles. The molecule has 42 heavy (non-hydrogen) atoms. The third kappa shape index (κ3) is 6.98. The Morgan fingerprint density at radius 3 is 2.52 bits per heavy atom. The molecule has 4 rings (SSSR count). The third-order valence-electron chi connectivity index (χ3n) is 7.29. The number of nitrogens with zero attached hydrogens (tertiary/aromatic N) is 3. The summed E-state index contributed by atoms with van der Waals surface area (Å²) >= 11 is 6.91. The van der Waals surface area contributed by atoms with Crippen molar-refractivity contribution in [1.82, 2.24) is 9.88 Å². The number of thiazole rings is 1. The fraction of sp³-hybridized carbons (Fsp3) is 0.407. The van der Waals surface area contributed by atoms with E-state index in [2.05, 4.69) is 17.2 Å². The van der Waals surface area contributed by atoms with Crippen LogP contribution in [0.2, 0.25) is 5.02 Å². The van der Waals surface area contributed by atoms with Gasteiger partial charge in [0.1, 0.15) is 22.2 Å². The number of anilines is 2. The van der Waals surface area contributed by atoms with Crippen molar-refractivity contribution >= 4 is 49.9 Å². The van der Waals surface area contributed by atoms with Gasteiger partial charge < -0.3 is 24.8 Å². The molecule has 0 radical (unpaired) electrons. The van der Waals surface area contributed by atoms with E-state index in [-0.39, 0.29) is 34.3 Å². The molecule has 15 heteroatoms. The van der Waals surface area contributed by atoms with Crippen LogP contribution >= 0.6 is 22.9 Å². The second-order valence-electron chi connectivity index (χ2n) is 10.3. The summed E-state index contributed by atoms with van der Waals surface area (Å²) in [6.07, 6.45) is 2.35. The van der Waals surface area contributed by atoms with E-state index in [1.165, 1.54) is 26.2 Å². The van der Waals surface area contributed by atoms with Gasteiger partial charge in [0, 0.05) is 25.2 Å². The zero-order valence-electron chi connectivity index (χ0n) is 23.4. The van der Waals surface area contributed by atoms with Crippen molar-refractivity contribution in [2.24, 2.45) is 5.41 Å². The number of carboxylic acid groups (broad SMARTS) is 1. The minimum atomic E-state index is -4.67. The molecule has 0 spiro atoms. The molecular weight excluding hydrogens is 614 g/mol. The highest BCUT2D eigenvalue weighted by atomic mass is 35.5. The number of benzene rings is 2. The molecular formula is C27H31ClF2N4O6S2. The zero-order chi connectivity index (χ0) is 30.8. The summed E-state index contributed by atoms with van der Waals surface area (Å²) in [5.74, 6) is -0.345. The van der Waals surface area contributed by atoms with Gasteiger partial charge in [-0.1, -0.05) is 29.9 Å². The Balaban J connectivity index is 1.65. The number of nitrogens with one attached hydrogen (secondary N) is 1. The highest BCUT2D eigenvalue weighted by Gasteiger charge is 2.41. The molecule has 1 heterocycles. The molecule has 1 aliphatic carbocycles. The van der Waals surface area contributed by atoms with Gasteiger partial charge in [-0.05, 0) is 48.9 Å². The van der Waals surface area contributed by atoms with Gasteiger partial charge in [0.2, 0.25) is 5.13 Å². The van der Waals surface area contributed by atoms with E-state index in [0.29, 0.717) is 34.8 Å². The lowest BCUT2D eigenvalue weighted by Crippen LogP contribution is -2.42. The van der Waals surface area contributed by atoms with Gasteiger partial charge in [-0.15, -0.1) is 0 Å². The van der Waals surface area contributed by atoms with Crippen LogP contribution in [0.3, 0.4) is 0 Å². The van der Waals surface area contributed by atoms with Crippen molar-refractivity contribution in [2.75, 3.05) is 37.4 Å². The number of sulfonamides is 1. The zero-order valence-corrected chi connectivity index (χ0v) is 25.7. The first-order valence-corrected chi connectivity index (χ1v) is 15.4. The Kier molecular flexibility index (Phi) is 9.38. The molecule has 0 aliphatic heterocycles. The van der Waals surface area contributed by atoms with E-state index in [0.717, 1.165) is 35.5 Å². The smallest absolute Gasteiger partial charge is 0.407 e. The van der Waals surface area contributed by atoms with Crippen molar-refractivity contribution in [3.05, 3.63) is 58.1 Å². The van der Waals surface area contributed by atoms with Gasteiger partial charge in [0.15, 0.2) is 5.13 Å². The summed E-state index contributed by atoms with van der Waals surface area (Å²) in [6, 6.07) is 6.22. The predicted molar refractivity (Wildman–Crippen MR) is 156 cm³/mol. The summed E-state index contributed by atoms with van der Waals surface area (Å²) < 4.78 is 68.6. The van der Waals surface area contributed by atoms with Crippen LogP contribution in [0.5, 0.6) is 11.5 Å². The molecule has 0 saturated heterocycles. The van der Waals surface area contributed by atoms with Gasteiger partial charge in [0.05, 0.1) is 43.7 Å². The molecule has 3 aromatic rings. The minimum Gasteiger partial charge on any atom is -0.497 e. The first-order chi connectivity index (χ1) is 19.8. The number of hydrogen-bond donors (Lipinski definition) is 2. The summed E-state index contributed by atoms with van der Waals surface area (Å²) in [4.78, 5) is 15.9. The molecule has 10 nitrogen and oxygen atoms in total. The lowest BCUT2D eigenvalue weighted by atomic mass is 9.98. The number of likely N-dealkylation sites (N-methyl/N-ethyl adjacent to an activating group) is 1. The van der Waals surface area contributed by atoms with Crippen molar-refractivity contribution in [2.45, 2.75) is 43.7 Å². The van der Waals surface area contributed by atoms with E-state index < -0.39 is 38.0 Å². The number of hydrogen-bond acceptors (Lipinski definition) is 8. The van der Waals surface area contributed by atoms with E-state index in [9.17, 15) is 22.7 Å². The van der Waals surface area contributed by atoms with Gasteiger partial charge in [-0.3, -0.25) is 0 Å². The van der Waals surface area contributed by atoms with Crippen molar-refractivity contribution in [1.29, 1.82) is 0 Å². The molecule has 0 bridgehead atoms. The number of rotatable bonds is 13. The minimum absolute atomic E-state index is 0.0361. The lowest BCUT2D eigenvalue weighted by Gasteiger charge is -2.29. The maximum absolute atomic E-state index is 15.5. The monoisotopic (exact) mass is 644 g/mol. The lowest BCUT2D eigenvalue weighted by molar-refractivity contribution is 0.133. The summed E-state index contributed by atoms with van der Waals surface area (Å²) in [7, 11) is -0.340. The summed E-state index contributed by atoms with van der Waals surface area (Å²) in [5.41, 5.74) is 0.524. The van der Waals surface area contributed by atoms with Crippen LogP contribution in [0.15, 0.2) is 41.4 Å². The second-order valence-corrected chi connectivity index (χ2v) is 13.5. The fourth-order valence-electron chi connectivity index (χ4n) is 4.45. The summed E-state index contributed by atoms with van der Waals surface area (Å²) in [6.45, 7) is 1.84. The molecule has 228 valence electrons. The van der Waals surface area contributed by atoms with Crippen LogP contribution in [-0.2, 0) is 16.6 Å². The maximum atomic E-state index is 15.5. The number of halogens is 3. The molecule has 1 aliphatic rings. The standard InChI is InChI=1S/C27H31ClF2N4O6S2/c1-27(7-8-27)12-17(33(2)26(35)36)13-31-21-11-20(29)23(10-19(21)28)42(37,38)34(25-32-14-24(30)41-25)15-16-5-6-18(39-3)9-22(16)40-4/h5-6,9-11,14,17,31H,7-8,12-13,15H2,1-4H3,(H,35,36)/t17-/m0/s1. The molecule has 1 aromatic heterocycles. The van der Waals surface area contributed by atoms with Gasteiger partial charge in [-0.2, -0.15) is 4.39 Å². The number of amides is 1. The quantitative estimate of drug-likeness (QED) is 0.230. The highest BCUT2D eigenvalue weighted by Crippen LogP contribution is 2.49. The Morgan fingerprint density at radius 1 is 1.24 bits per heavy atom. The maximum Gasteiger partial charge on any atom is 0.407 e. The second kappa shape index (κ2) is 12.5. The van der Waals surface area contributed by atoms with Crippen molar-refractivity contribution in [3.63, 3.8) is 0 Å². The largest absolute Gasteiger partial charge is 0.497 e. The van der Waals surface area contributed by atoms with Gasteiger partial charge in [-0.25, -0.2) is 26.9 Å². The predicted octanol–water partition coefficient (Wildman–Crippen LogP) is 6.07. The molecule has 0 unspecified atom stereocenters. The number of methoxy groups -OCH3 is 2. The van der Waals surface area contributed by atoms with E-state index >= 15 is 4.39 Å². The topological polar surface area (TPSA) is 121 Å². The Bertz CT molecular complexity index is 1570. The van der Waals surface area contributed by atoms with Crippen LogP contribution in [0.4, 0.5) is 24.4 Å². The first kappa shape index (κ1) is 31.6. The van der Waals surface area contributed by atoms with Crippen molar-refractivity contribution < 1.29 is 36.6 Å². The number of carbonyl (C=O) groups is 1. The molecule has 1 amide bonds. The normalized spacial score (nSPS) is 14.6. The van der Waals surface area contributed by atoms with Crippen molar-refractivity contribution in [3.8, 4) is 11.5 Å². The van der Waals surface area contributed by atoms with Gasteiger partial charge in [0.25, 0.3) is 10.0 Å². The van der Waals surface area contributed by atoms with Crippen LogP contribution in [0.25, 0.3) is 0 Å². The molecule has 1 atom stereocenters. The van der Waals surface area contributed by atoms with Crippen LogP contribution < -0.4 is 19.1 Å². The number of aromatic nitrogens is 1. The van der Waals surface area contributed by atoms with Gasteiger partial charge >= 0.3 is 6.09 Å². The average molecular weight is 645 g/mol. The highest BCUT2D eigenvalue weighted by molar-refractivity contribution is 7.93. The first-order valence-electron chi connectivity index (χ1n) is 12.8. The van der Waals surface area contributed by atoms with E-state index in [4.69, 9.17) is 21.1 Å². The van der Waals surface area contributed by atoms with Crippen LogP contribution in [0.1, 0.15) is 31.7 Å². The Labute approximate surface area is 251 Å². The Hall–Kier alpha value is -3.36. The SMILES string of the molecule is COc1ccc(CN(c2ncc(F)s2)S(=O)(=O)c2cc(Cl)c(NC[C@H](CC3(C)CC3)N(C)C(=O)O)cc2F)c(OC)c1. The number of ether oxygens (including phenoxy) is 2. The third-order valence-corrected chi connectivity index (χ3v) is 10.3. The fourth-order valence-corrected chi connectivity index (χ4v) is 7.07. The average Bonchev–Trinajstić information content (AvgIpc) is 3.53. The van der Waals surface area contributed by atoms with E-state index in [1.54, 1.807) is 18.2 Å². The molecule has 1 fully saturated rings. The Morgan fingerprint density at radius 2 is 1.95 bits per heavy atom. The van der Waals surface area contributed by atoms with Crippen LogP contribution in [0, 0.1) is 16.4 Å². The molecule has 2 aromatic carbocycles. The van der Waals surface area contributed by atoms with E-state index in [1.807, 2.05) is 0 Å².